The molecule has 0 spiro atoms. The number of hydrogen-bond donors (Lipinski definition) is 1. The summed E-state index contributed by atoms with van der Waals surface area (Å²) < 4.78 is 10.4. The Balaban J connectivity index is 1.55. The SMILES string of the molecule is COCc1ccc(C(=O)Nc2ccc(CN3CCC[C@H](C)C3)cc2)o1. The predicted molar refractivity (Wildman–Crippen MR) is 97.5 cm³/mol. The molecule has 1 fully saturated rings. The van der Waals surface area contributed by atoms with E-state index in [0.717, 1.165) is 18.2 Å². The average Bonchev–Trinajstić information content (AvgIpc) is 3.06. The second kappa shape index (κ2) is 8.32. The van der Waals surface area contributed by atoms with Gasteiger partial charge in [0.15, 0.2) is 5.76 Å². The van der Waals surface area contributed by atoms with Gasteiger partial charge in [-0.2, -0.15) is 0 Å². The normalized spacial score (nSPS) is 18.2. The van der Waals surface area contributed by atoms with Crippen LogP contribution in [0.15, 0.2) is 40.8 Å². The number of nitrogens with zero attached hydrogens (tertiary/aromatic N) is 1. The fourth-order valence-electron chi connectivity index (χ4n) is 3.29. The zero-order valence-electron chi connectivity index (χ0n) is 15.0. The van der Waals surface area contributed by atoms with E-state index in [1.807, 2.05) is 12.1 Å². The van der Waals surface area contributed by atoms with Gasteiger partial charge in [0.25, 0.3) is 5.91 Å². The van der Waals surface area contributed by atoms with Crippen LogP contribution < -0.4 is 5.32 Å². The van der Waals surface area contributed by atoms with Gasteiger partial charge in [-0.05, 0) is 55.1 Å². The highest BCUT2D eigenvalue weighted by Gasteiger charge is 2.16. The Bertz CT molecular complexity index is 693. The van der Waals surface area contributed by atoms with Gasteiger partial charge in [0, 0.05) is 25.9 Å². The van der Waals surface area contributed by atoms with Crippen molar-refractivity contribution in [2.75, 3.05) is 25.5 Å². The molecule has 5 heteroatoms. The molecular formula is C20H26N2O3. The lowest BCUT2D eigenvalue weighted by molar-refractivity contribution is 0.0987. The summed E-state index contributed by atoms with van der Waals surface area (Å²) in [5.41, 5.74) is 2.04. The molecule has 5 nitrogen and oxygen atoms in total. The molecule has 1 aromatic carbocycles. The summed E-state index contributed by atoms with van der Waals surface area (Å²) in [6, 6.07) is 11.5. The number of ether oxygens (including phenoxy) is 1. The molecule has 1 saturated heterocycles. The maximum Gasteiger partial charge on any atom is 0.291 e. The summed E-state index contributed by atoms with van der Waals surface area (Å²) in [7, 11) is 1.59. The largest absolute Gasteiger partial charge is 0.453 e. The fraction of sp³-hybridized carbons (Fsp3) is 0.450. The molecule has 1 atom stereocenters. The van der Waals surface area contributed by atoms with Gasteiger partial charge in [-0.25, -0.2) is 0 Å². The third-order valence-corrected chi connectivity index (χ3v) is 4.53. The van der Waals surface area contributed by atoms with Gasteiger partial charge in [0.1, 0.15) is 12.4 Å². The number of rotatable bonds is 6. The molecule has 0 radical (unpaired) electrons. The standard InChI is InChI=1S/C20H26N2O3/c1-15-4-3-11-22(12-15)13-16-5-7-17(8-6-16)21-20(23)19-10-9-18(25-19)14-24-2/h5-10,15H,3-4,11-14H2,1-2H3,(H,21,23)/t15-/m0/s1. The Morgan fingerprint density at radius 3 is 2.80 bits per heavy atom. The van der Waals surface area contributed by atoms with E-state index in [0.29, 0.717) is 18.1 Å². The van der Waals surface area contributed by atoms with E-state index in [-0.39, 0.29) is 5.91 Å². The first-order valence-corrected chi connectivity index (χ1v) is 8.84. The number of methoxy groups -OCH3 is 1. The molecule has 0 aliphatic carbocycles. The molecule has 1 aromatic heterocycles. The molecule has 3 rings (SSSR count). The lowest BCUT2D eigenvalue weighted by Gasteiger charge is -2.30. The maximum atomic E-state index is 12.2. The van der Waals surface area contributed by atoms with Crippen molar-refractivity contribution in [3.05, 3.63) is 53.5 Å². The molecule has 0 bridgehead atoms. The Morgan fingerprint density at radius 2 is 2.08 bits per heavy atom. The molecule has 1 aliphatic rings. The smallest absolute Gasteiger partial charge is 0.291 e. The van der Waals surface area contributed by atoms with E-state index in [9.17, 15) is 4.79 Å². The minimum absolute atomic E-state index is 0.250. The Hall–Kier alpha value is -2.11. The maximum absolute atomic E-state index is 12.2. The van der Waals surface area contributed by atoms with E-state index in [2.05, 4.69) is 29.3 Å². The molecule has 1 N–H and O–H groups in total. The van der Waals surface area contributed by atoms with E-state index in [1.54, 1.807) is 19.2 Å². The van der Waals surface area contributed by atoms with Gasteiger partial charge in [-0.1, -0.05) is 19.1 Å². The van der Waals surface area contributed by atoms with Crippen LogP contribution in [-0.4, -0.2) is 31.0 Å². The van der Waals surface area contributed by atoms with Crippen molar-refractivity contribution in [3.63, 3.8) is 0 Å². The van der Waals surface area contributed by atoms with Crippen molar-refractivity contribution >= 4 is 11.6 Å². The minimum Gasteiger partial charge on any atom is -0.453 e. The number of carbonyl (C=O) groups excluding carboxylic acids is 1. The van der Waals surface area contributed by atoms with E-state index < -0.39 is 0 Å². The van der Waals surface area contributed by atoms with Crippen LogP contribution in [0.3, 0.4) is 0 Å². The highest BCUT2D eigenvalue weighted by atomic mass is 16.5. The van der Waals surface area contributed by atoms with Crippen LogP contribution in [0.5, 0.6) is 0 Å². The van der Waals surface area contributed by atoms with Crippen LogP contribution >= 0.6 is 0 Å². The molecule has 0 unspecified atom stereocenters. The van der Waals surface area contributed by atoms with E-state index >= 15 is 0 Å². The van der Waals surface area contributed by atoms with Gasteiger partial charge < -0.3 is 14.5 Å². The van der Waals surface area contributed by atoms with Crippen LogP contribution in [0.4, 0.5) is 5.69 Å². The van der Waals surface area contributed by atoms with Gasteiger partial charge in [-0.3, -0.25) is 9.69 Å². The van der Waals surface area contributed by atoms with Crippen molar-refractivity contribution in [3.8, 4) is 0 Å². The first-order valence-electron chi connectivity index (χ1n) is 8.84. The molecular weight excluding hydrogens is 316 g/mol. The van der Waals surface area contributed by atoms with Crippen molar-refractivity contribution in [1.29, 1.82) is 0 Å². The molecule has 2 heterocycles. The zero-order chi connectivity index (χ0) is 17.6. The Morgan fingerprint density at radius 1 is 1.28 bits per heavy atom. The third-order valence-electron chi connectivity index (χ3n) is 4.53. The molecule has 0 saturated carbocycles. The molecule has 25 heavy (non-hydrogen) atoms. The summed E-state index contributed by atoms with van der Waals surface area (Å²) in [4.78, 5) is 14.7. The minimum atomic E-state index is -0.250. The number of furan rings is 1. The zero-order valence-corrected chi connectivity index (χ0v) is 15.0. The average molecular weight is 342 g/mol. The second-order valence-electron chi connectivity index (χ2n) is 6.83. The number of hydrogen-bond acceptors (Lipinski definition) is 4. The molecule has 1 aliphatic heterocycles. The van der Waals surface area contributed by atoms with Crippen LogP contribution in [0, 0.1) is 5.92 Å². The van der Waals surface area contributed by atoms with Crippen molar-refractivity contribution < 1.29 is 13.9 Å². The first-order chi connectivity index (χ1) is 12.1. The van der Waals surface area contributed by atoms with E-state index in [1.165, 1.54) is 31.5 Å². The van der Waals surface area contributed by atoms with Crippen molar-refractivity contribution in [1.82, 2.24) is 4.90 Å². The highest BCUT2D eigenvalue weighted by molar-refractivity contribution is 6.02. The number of piperidine rings is 1. The Labute approximate surface area is 149 Å². The van der Waals surface area contributed by atoms with Crippen molar-refractivity contribution in [2.45, 2.75) is 32.9 Å². The topological polar surface area (TPSA) is 54.7 Å². The van der Waals surface area contributed by atoms with E-state index in [4.69, 9.17) is 9.15 Å². The van der Waals surface area contributed by atoms with Crippen LogP contribution in [-0.2, 0) is 17.9 Å². The summed E-state index contributed by atoms with van der Waals surface area (Å²) in [6.07, 6.45) is 2.61. The summed E-state index contributed by atoms with van der Waals surface area (Å²) >= 11 is 0. The first kappa shape index (κ1) is 17.7. The third kappa shape index (κ3) is 4.94. The fourth-order valence-corrected chi connectivity index (χ4v) is 3.29. The number of nitrogens with one attached hydrogen (secondary N) is 1. The summed E-state index contributed by atoms with van der Waals surface area (Å²) in [6.45, 7) is 5.98. The monoisotopic (exact) mass is 342 g/mol. The van der Waals surface area contributed by atoms with Gasteiger partial charge in [0.2, 0.25) is 0 Å². The number of carbonyl (C=O) groups is 1. The van der Waals surface area contributed by atoms with Gasteiger partial charge in [-0.15, -0.1) is 0 Å². The number of anilines is 1. The molecule has 134 valence electrons. The second-order valence-corrected chi connectivity index (χ2v) is 6.83. The number of benzene rings is 1. The van der Waals surface area contributed by atoms with Gasteiger partial charge in [0.05, 0.1) is 0 Å². The lowest BCUT2D eigenvalue weighted by Crippen LogP contribution is -2.33. The highest BCUT2D eigenvalue weighted by Crippen LogP contribution is 2.19. The summed E-state index contributed by atoms with van der Waals surface area (Å²) in [5.74, 6) is 1.46. The molecule has 2 aromatic rings. The van der Waals surface area contributed by atoms with Gasteiger partial charge >= 0.3 is 0 Å². The number of likely N-dealkylation sites (tertiary alicyclic amines) is 1. The van der Waals surface area contributed by atoms with Crippen LogP contribution in [0.25, 0.3) is 0 Å². The predicted octanol–water partition coefficient (Wildman–Crippen LogP) is 3.91. The Kier molecular flexibility index (Phi) is 5.89. The lowest BCUT2D eigenvalue weighted by atomic mass is 10.00. The van der Waals surface area contributed by atoms with Crippen LogP contribution in [0.1, 0.15) is 41.6 Å². The molecule has 1 amide bonds. The van der Waals surface area contributed by atoms with Crippen molar-refractivity contribution in [2.24, 2.45) is 5.92 Å². The number of amides is 1. The quantitative estimate of drug-likeness (QED) is 0.865. The summed E-state index contributed by atoms with van der Waals surface area (Å²) in [5, 5.41) is 2.86. The van der Waals surface area contributed by atoms with Crippen LogP contribution in [0.2, 0.25) is 0 Å².